The van der Waals surface area contributed by atoms with Crippen molar-refractivity contribution in [3.05, 3.63) is 83.2 Å². The number of carboxylic acid groups (broad SMARTS) is 1. The zero-order chi connectivity index (χ0) is 25.2. The monoisotopic (exact) mass is 493 g/mol. The molecule has 0 aliphatic carbocycles. The van der Waals surface area contributed by atoms with Gasteiger partial charge in [0.25, 0.3) is 0 Å². The number of carboxylic acids is 1. The van der Waals surface area contributed by atoms with Crippen molar-refractivity contribution >= 4 is 5.97 Å². The number of hydrogen-bond donors (Lipinski definition) is 1. The summed E-state index contributed by atoms with van der Waals surface area (Å²) in [6, 6.07) is 13.9. The lowest BCUT2D eigenvalue weighted by Crippen LogP contribution is -2.16. The summed E-state index contributed by atoms with van der Waals surface area (Å²) in [5, 5.41) is 20.5. The molecule has 10 nitrogen and oxygen atoms in total. The zero-order valence-corrected chi connectivity index (χ0v) is 19.7. The topological polar surface area (TPSA) is 114 Å². The molecule has 4 aromatic rings. The smallest absolute Gasteiger partial charge is 0.311 e. The molecule has 0 spiro atoms. The first-order valence-electron chi connectivity index (χ1n) is 11.3. The van der Waals surface area contributed by atoms with Gasteiger partial charge in [0.1, 0.15) is 24.4 Å². The quantitative estimate of drug-likeness (QED) is 0.397. The van der Waals surface area contributed by atoms with Crippen LogP contribution in [-0.4, -0.2) is 50.1 Å². The van der Waals surface area contributed by atoms with Gasteiger partial charge in [-0.25, -0.2) is 9.07 Å². The van der Waals surface area contributed by atoms with Gasteiger partial charge in [0.05, 0.1) is 25.6 Å². The van der Waals surface area contributed by atoms with Crippen LogP contribution in [0.25, 0.3) is 5.69 Å². The molecule has 2 atom stereocenters. The second-order valence-electron chi connectivity index (χ2n) is 8.27. The zero-order valence-electron chi connectivity index (χ0n) is 19.7. The summed E-state index contributed by atoms with van der Waals surface area (Å²) in [6.45, 7) is 0.318. The third kappa shape index (κ3) is 4.29. The predicted molar refractivity (Wildman–Crippen MR) is 125 cm³/mol. The molecule has 3 heterocycles. The van der Waals surface area contributed by atoms with E-state index in [4.69, 9.17) is 19.3 Å². The van der Waals surface area contributed by atoms with Crippen molar-refractivity contribution in [3.63, 3.8) is 0 Å². The summed E-state index contributed by atoms with van der Waals surface area (Å²) in [4.78, 5) is 11.2. The van der Waals surface area contributed by atoms with E-state index in [-0.39, 0.29) is 18.1 Å². The molecule has 0 amide bonds. The number of fused-ring (bicyclic) bond motifs is 3. The summed E-state index contributed by atoms with van der Waals surface area (Å²) in [6.07, 6.45) is 0.904. The van der Waals surface area contributed by atoms with Crippen molar-refractivity contribution in [1.82, 2.24) is 24.8 Å². The van der Waals surface area contributed by atoms with Gasteiger partial charge in [-0.15, -0.1) is 5.10 Å². The highest BCUT2D eigenvalue weighted by molar-refractivity contribution is 5.68. The van der Waals surface area contributed by atoms with Crippen LogP contribution in [0.2, 0.25) is 0 Å². The van der Waals surface area contributed by atoms with Crippen LogP contribution in [0.3, 0.4) is 0 Å². The van der Waals surface area contributed by atoms with Crippen molar-refractivity contribution < 1.29 is 28.5 Å². The molecular formula is C25H24FN5O5. The lowest BCUT2D eigenvalue weighted by Gasteiger charge is -2.25. The van der Waals surface area contributed by atoms with E-state index in [1.54, 1.807) is 26.4 Å². The number of para-hydroxylation sites is 1. The minimum atomic E-state index is -1.02. The highest BCUT2D eigenvalue weighted by Gasteiger charge is 2.33. The Morgan fingerprint density at radius 2 is 2.00 bits per heavy atom. The van der Waals surface area contributed by atoms with E-state index in [0.29, 0.717) is 35.6 Å². The fraction of sp³-hybridized carbons (Fsp3) is 0.280. The minimum Gasteiger partial charge on any atom is -0.493 e. The van der Waals surface area contributed by atoms with Gasteiger partial charge in [0.15, 0.2) is 17.3 Å². The molecule has 1 aliphatic rings. The standard InChI is InChI=1S/C25H24FN5O5/c1-34-21-7-3-5-16(25(21)35-2)24-17-13-15(26)8-9-18(17)30-11-4-6-19(30)20(36-24)10-12-31-22(14-23(32)33)27-28-29-31/h3-9,11,13,20,24H,10,12,14H2,1-2H3,(H,32,33)/t20-,24-/m0/s1. The summed E-state index contributed by atoms with van der Waals surface area (Å²) in [5.41, 5.74) is 2.96. The van der Waals surface area contributed by atoms with E-state index in [0.717, 1.165) is 11.4 Å². The van der Waals surface area contributed by atoms with Crippen LogP contribution in [0, 0.1) is 5.82 Å². The molecule has 0 fully saturated rings. The number of benzene rings is 2. The normalized spacial score (nSPS) is 16.6. The maximum atomic E-state index is 14.5. The van der Waals surface area contributed by atoms with Gasteiger partial charge < -0.3 is 23.9 Å². The first-order valence-corrected chi connectivity index (χ1v) is 11.3. The van der Waals surface area contributed by atoms with Gasteiger partial charge in [0.2, 0.25) is 0 Å². The van der Waals surface area contributed by atoms with Crippen LogP contribution in [-0.2, 0) is 22.5 Å². The SMILES string of the molecule is COc1cccc([C@@H]2O[C@@H](CCn3nnnc3CC(=O)O)c3cccn3-c3ccc(F)cc32)c1OC. The molecule has 0 saturated carbocycles. The number of aliphatic carboxylic acids is 1. The Labute approximate surface area is 205 Å². The Balaban J connectivity index is 1.58. The number of tetrazole rings is 1. The summed E-state index contributed by atoms with van der Waals surface area (Å²) in [5.74, 6) is -0.127. The van der Waals surface area contributed by atoms with Gasteiger partial charge in [-0.1, -0.05) is 12.1 Å². The van der Waals surface area contributed by atoms with Crippen molar-refractivity contribution in [1.29, 1.82) is 0 Å². The molecule has 0 bridgehead atoms. The maximum absolute atomic E-state index is 14.5. The fourth-order valence-corrected chi connectivity index (χ4v) is 4.61. The largest absolute Gasteiger partial charge is 0.493 e. The van der Waals surface area contributed by atoms with Gasteiger partial charge in [-0.2, -0.15) is 0 Å². The number of ether oxygens (including phenoxy) is 3. The molecular weight excluding hydrogens is 469 g/mol. The van der Waals surface area contributed by atoms with Gasteiger partial charge in [-0.3, -0.25) is 4.79 Å². The molecule has 1 aliphatic heterocycles. The number of aromatic nitrogens is 5. The maximum Gasteiger partial charge on any atom is 0.311 e. The van der Waals surface area contributed by atoms with Crippen molar-refractivity contribution in [2.45, 2.75) is 31.6 Å². The third-order valence-electron chi connectivity index (χ3n) is 6.18. The third-order valence-corrected chi connectivity index (χ3v) is 6.18. The van der Waals surface area contributed by atoms with E-state index < -0.39 is 18.2 Å². The molecule has 36 heavy (non-hydrogen) atoms. The number of aryl methyl sites for hydroxylation is 1. The first kappa shape index (κ1) is 23.5. The first-order chi connectivity index (χ1) is 17.5. The Kier molecular flexibility index (Phi) is 6.38. The van der Waals surface area contributed by atoms with Crippen molar-refractivity contribution in [2.75, 3.05) is 14.2 Å². The number of hydrogen-bond acceptors (Lipinski definition) is 7. The minimum absolute atomic E-state index is 0.253. The molecule has 1 N–H and O–H groups in total. The van der Waals surface area contributed by atoms with Gasteiger partial charge >= 0.3 is 5.97 Å². The summed E-state index contributed by atoms with van der Waals surface area (Å²) >= 11 is 0. The fourth-order valence-electron chi connectivity index (χ4n) is 4.61. The second kappa shape index (κ2) is 9.78. The number of methoxy groups -OCH3 is 2. The predicted octanol–water partition coefficient (Wildman–Crippen LogP) is 3.50. The van der Waals surface area contributed by atoms with Gasteiger partial charge in [0, 0.05) is 23.9 Å². The Morgan fingerprint density at radius 3 is 2.78 bits per heavy atom. The summed E-state index contributed by atoms with van der Waals surface area (Å²) < 4.78 is 35.8. The van der Waals surface area contributed by atoms with Crippen molar-refractivity contribution in [3.8, 4) is 17.2 Å². The average molecular weight is 493 g/mol. The lowest BCUT2D eigenvalue weighted by atomic mass is 9.98. The van der Waals surface area contributed by atoms with E-state index >= 15 is 0 Å². The average Bonchev–Trinajstić information content (AvgIpc) is 3.50. The molecule has 0 unspecified atom stereocenters. The Morgan fingerprint density at radius 1 is 1.14 bits per heavy atom. The number of carbonyl (C=O) groups is 1. The molecule has 5 rings (SSSR count). The van der Waals surface area contributed by atoms with E-state index in [1.165, 1.54) is 16.8 Å². The molecule has 11 heteroatoms. The second-order valence-corrected chi connectivity index (χ2v) is 8.27. The lowest BCUT2D eigenvalue weighted by molar-refractivity contribution is -0.136. The number of halogens is 1. The van der Waals surface area contributed by atoms with Crippen LogP contribution < -0.4 is 9.47 Å². The number of rotatable bonds is 8. The molecule has 186 valence electrons. The Hall–Kier alpha value is -4.25. The molecule has 2 aromatic carbocycles. The van der Waals surface area contributed by atoms with Crippen LogP contribution in [0.1, 0.15) is 41.3 Å². The summed E-state index contributed by atoms with van der Waals surface area (Å²) in [7, 11) is 3.10. The van der Waals surface area contributed by atoms with E-state index in [1.807, 2.05) is 35.0 Å². The molecule has 0 saturated heterocycles. The van der Waals surface area contributed by atoms with Crippen LogP contribution in [0.5, 0.6) is 11.5 Å². The van der Waals surface area contributed by atoms with Crippen LogP contribution in [0.15, 0.2) is 54.7 Å². The highest BCUT2D eigenvalue weighted by Crippen LogP contribution is 2.46. The Bertz CT molecular complexity index is 1400. The van der Waals surface area contributed by atoms with Gasteiger partial charge in [-0.05, 0) is 53.2 Å². The molecule has 2 aromatic heterocycles. The number of nitrogens with zero attached hydrogens (tertiary/aromatic N) is 5. The highest BCUT2D eigenvalue weighted by atomic mass is 19.1. The van der Waals surface area contributed by atoms with E-state index in [2.05, 4.69) is 15.5 Å². The van der Waals surface area contributed by atoms with Crippen molar-refractivity contribution in [2.24, 2.45) is 0 Å². The molecule has 0 radical (unpaired) electrons. The van der Waals surface area contributed by atoms with E-state index in [9.17, 15) is 9.18 Å². The van der Waals surface area contributed by atoms with Crippen LogP contribution >= 0.6 is 0 Å². The van der Waals surface area contributed by atoms with Crippen LogP contribution in [0.4, 0.5) is 4.39 Å².